The molecule has 0 aromatic heterocycles. The monoisotopic (exact) mass is 278 g/mol. The topological polar surface area (TPSA) is 32.3 Å². The van der Waals surface area contributed by atoms with Gasteiger partial charge in [0, 0.05) is 31.1 Å². The summed E-state index contributed by atoms with van der Waals surface area (Å²) in [6, 6.07) is 1.84. The summed E-state index contributed by atoms with van der Waals surface area (Å²) in [5.41, 5.74) is 0. The summed E-state index contributed by atoms with van der Waals surface area (Å²) in [6.07, 6.45) is 13.7. The number of rotatable bonds is 2. The Hall–Kier alpha value is -0.570. The van der Waals surface area contributed by atoms with Crippen molar-refractivity contribution in [3.8, 4) is 0 Å². The second kappa shape index (κ2) is 6.46. The molecule has 2 bridgehead atoms. The van der Waals surface area contributed by atoms with E-state index in [4.69, 9.17) is 0 Å². The Bertz CT molecular complexity index is 324. The number of fused-ring (bicyclic) bond motifs is 2. The average molecular weight is 278 g/mol. The first kappa shape index (κ1) is 14.4. The van der Waals surface area contributed by atoms with Crippen molar-refractivity contribution in [3.05, 3.63) is 0 Å². The molecule has 0 aromatic rings. The van der Waals surface area contributed by atoms with Crippen molar-refractivity contribution >= 4 is 5.91 Å². The number of nitrogens with one attached hydrogen (secondary N) is 1. The van der Waals surface area contributed by atoms with Crippen molar-refractivity contribution in [1.29, 1.82) is 0 Å². The summed E-state index contributed by atoms with van der Waals surface area (Å²) in [6.45, 7) is 0. The average Bonchev–Trinajstić information content (AvgIpc) is 2.75. The lowest BCUT2D eigenvalue weighted by atomic mass is 9.89. The van der Waals surface area contributed by atoms with Gasteiger partial charge in [-0.25, -0.2) is 0 Å². The van der Waals surface area contributed by atoms with Gasteiger partial charge in [0.25, 0.3) is 0 Å². The van der Waals surface area contributed by atoms with Gasteiger partial charge in [0.15, 0.2) is 0 Å². The van der Waals surface area contributed by atoms with Crippen molar-refractivity contribution in [1.82, 2.24) is 10.2 Å². The molecule has 2 atom stereocenters. The van der Waals surface area contributed by atoms with Crippen LogP contribution in [0.4, 0.5) is 0 Å². The summed E-state index contributed by atoms with van der Waals surface area (Å²) in [5, 5.41) is 3.67. The van der Waals surface area contributed by atoms with Gasteiger partial charge in [0.2, 0.25) is 5.91 Å². The van der Waals surface area contributed by atoms with Crippen molar-refractivity contribution in [2.75, 3.05) is 7.05 Å². The zero-order valence-electron chi connectivity index (χ0n) is 12.9. The molecule has 114 valence electrons. The smallest absolute Gasteiger partial charge is 0.225 e. The lowest BCUT2D eigenvalue weighted by Crippen LogP contribution is -2.50. The highest BCUT2D eigenvalue weighted by molar-refractivity contribution is 5.78. The Labute approximate surface area is 123 Å². The van der Waals surface area contributed by atoms with E-state index in [1.165, 1.54) is 57.8 Å². The minimum Gasteiger partial charge on any atom is -0.342 e. The summed E-state index contributed by atoms with van der Waals surface area (Å²) in [7, 11) is 2.07. The van der Waals surface area contributed by atoms with Gasteiger partial charge in [0.05, 0.1) is 0 Å². The molecule has 20 heavy (non-hydrogen) atoms. The van der Waals surface area contributed by atoms with Crippen LogP contribution in [0.15, 0.2) is 0 Å². The second-order valence-corrected chi connectivity index (χ2v) is 7.25. The van der Waals surface area contributed by atoms with Crippen LogP contribution in [0.5, 0.6) is 0 Å². The molecule has 1 aliphatic carbocycles. The van der Waals surface area contributed by atoms with Crippen LogP contribution in [0.1, 0.15) is 70.6 Å². The maximum Gasteiger partial charge on any atom is 0.225 e. The SMILES string of the molecule is CN(C(=O)C1CCCCCCC1)C1CC2CCC(C1)N2. The molecule has 3 aliphatic rings. The van der Waals surface area contributed by atoms with Crippen LogP contribution in [-0.2, 0) is 4.79 Å². The van der Waals surface area contributed by atoms with Crippen LogP contribution in [0, 0.1) is 5.92 Å². The molecule has 2 aliphatic heterocycles. The van der Waals surface area contributed by atoms with E-state index in [9.17, 15) is 4.79 Å². The fourth-order valence-corrected chi connectivity index (χ4v) is 4.51. The summed E-state index contributed by atoms with van der Waals surface area (Å²) < 4.78 is 0. The van der Waals surface area contributed by atoms with Gasteiger partial charge in [-0.3, -0.25) is 4.79 Å². The summed E-state index contributed by atoms with van der Waals surface area (Å²) in [4.78, 5) is 14.9. The first-order chi connectivity index (χ1) is 9.74. The van der Waals surface area contributed by atoms with Crippen LogP contribution in [0.2, 0.25) is 0 Å². The Balaban J connectivity index is 1.57. The normalized spacial score (nSPS) is 35.4. The third kappa shape index (κ3) is 3.19. The molecule has 3 rings (SSSR count). The molecule has 0 aromatic carbocycles. The summed E-state index contributed by atoms with van der Waals surface area (Å²) >= 11 is 0. The van der Waals surface area contributed by atoms with E-state index in [2.05, 4.69) is 17.3 Å². The molecular formula is C17H30N2O. The third-order valence-electron chi connectivity index (χ3n) is 5.80. The third-order valence-corrected chi connectivity index (χ3v) is 5.80. The molecular weight excluding hydrogens is 248 g/mol. The molecule has 0 spiro atoms. The molecule has 2 unspecified atom stereocenters. The molecule has 3 fully saturated rings. The van der Waals surface area contributed by atoms with Crippen LogP contribution in [0.3, 0.4) is 0 Å². The molecule has 3 heteroatoms. The minimum atomic E-state index is 0.313. The van der Waals surface area contributed by atoms with E-state index in [0.29, 0.717) is 30.0 Å². The largest absolute Gasteiger partial charge is 0.342 e. The second-order valence-electron chi connectivity index (χ2n) is 7.25. The lowest BCUT2D eigenvalue weighted by molar-refractivity contribution is -0.137. The van der Waals surface area contributed by atoms with Gasteiger partial charge >= 0.3 is 0 Å². The first-order valence-corrected chi connectivity index (χ1v) is 8.77. The fraction of sp³-hybridized carbons (Fsp3) is 0.941. The Morgan fingerprint density at radius 1 is 0.900 bits per heavy atom. The molecule has 1 saturated carbocycles. The van der Waals surface area contributed by atoms with Crippen LogP contribution >= 0.6 is 0 Å². The van der Waals surface area contributed by atoms with Gasteiger partial charge < -0.3 is 10.2 Å². The lowest BCUT2D eigenvalue weighted by Gasteiger charge is -2.37. The maximum absolute atomic E-state index is 12.8. The quantitative estimate of drug-likeness (QED) is 0.842. The molecule has 1 amide bonds. The van der Waals surface area contributed by atoms with E-state index < -0.39 is 0 Å². The standard InChI is InChI=1S/C17H30N2O/c1-19(16-11-14-9-10-15(12-16)18-14)17(20)13-7-5-3-2-4-6-8-13/h13-16,18H,2-12H2,1H3. The Kier molecular flexibility index (Phi) is 4.65. The number of nitrogens with zero attached hydrogens (tertiary/aromatic N) is 1. The number of carbonyl (C=O) groups is 1. The van der Waals surface area contributed by atoms with Gasteiger partial charge in [-0.15, -0.1) is 0 Å². The molecule has 1 N–H and O–H groups in total. The zero-order valence-corrected chi connectivity index (χ0v) is 12.9. The van der Waals surface area contributed by atoms with Gasteiger partial charge in [-0.2, -0.15) is 0 Å². The number of amides is 1. The van der Waals surface area contributed by atoms with Gasteiger partial charge in [-0.05, 0) is 38.5 Å². The van der Waals surface area contributed by atoms with Gasteiger partial charge in [-0.1, -0.05) is 32.1 Å². The predicted molar refractivity (Wildman–Crippen MR) is 81.5 cm³/mol. The number of hydrogen-bond acceptors (Lipinski definition) is 2. The highest BCUT2D eigenvalue weighted by atomic mass is 16.2. The van der Waals surface area contributed by atoms with E-state index in [0.717, 1.165) is 12.8 Å². The zero-order chi connectivity index (χ0) is 13.9. The van der Waals surface area contributed by atoms with Crippen molar-refractivity contribution in [2.24, 2.45) is 5.92 Å². The van der Waals surface area contributed by atoms with E-state index in [1.54, 1.807) is 0 Å². The van der Waals surface area contributed by atoms with Crippen LogP contribution in [-0.4, -0.2) is 36.0 Å². The van der Waals surface area contributed by atoms with E-state index in [1.807, 2.05) is 0 Å². The molecule has 0 radical (unpaired) electrons. The van der Waals surface area contributed by atoms with Crippen LogP contribution < -0.4 is 5.32 Å². The van der Waals surface area contributed by atoms with Crippen molar-refractivity contribution < 1.29 is 4.79 Å². The highest BCUT2D eigenvalue weighted by Crippen LogP contribution is 2.31. The highest BCUT2D eigenvalue weighted by Gasteiger charge is 2.37. The number of piperidine rings is 1. The van der Waals surface area contributed by atoms with E-state index in [-0.39, 0.29) is 0 Å². The Morgan fingerprint density at radius 3 is 2.05 bits per heavy atom. The number of hydrogen-bond donors (Lipinski definition) is 1. The van der Waals surface area contributed by atoms with Gasteiger partial charge in [0.1, 0.15) is 0 Å². The molecule has 2 saturated heterocycles. The molecule has 3 nitrogen and oxygen atoms in total. The van der Waals surface area contributed by atoms with Crippen molar-refractivity contribution in [3.63, 3.8) is 0 Å². The van der Waals surface area contributed by atoms with Crippen molar-refractivity contribution in [2.45, 2.75) is 88.8 Å². The summed E-state index contributed by atoms with van der Waals surface area (Å²) in [5.74, 6) is 0.756. The Morgan fingerprint density at radius 2 is 1.45 bits per heavy atom. The fourth-order valence-electron chi connectivity index (χ4n) is 4.51. The molecule has 2 heterocycles. The minimum absolute atomic E-state index is 0.313. The predicted octanol–water partition coefficient (Wildman–Crippen LogP) is 3.09. The van der Waals surface area contributed by atoms with E-state index >= 15 is 0 Å². The first-order valence-electron chi connectivity index (χ1n) is 8.77. The maximum atomic E-state index is 12.8. The number of carbonyl (C=O) groups excluding carboxylic acids is 1. The van der Waals surface area contributed by atoms with Crippen LogP contribution in [0.25, 0.3) is 0 Å².